The van der Waals surface area contributed by atoms with Crippen LogP contribution in [0, 0.1) is 0 Å². The van der Waals surface area contributed by atoms with Crippen molar-refractivity contribution in [3.63, 3.8) is 0 Å². The first-order valence-corrected chi connectivity index (χ1v) is 6.98. The van der Waals surface area contributed by atoms with Crippen molar-refractivity contribution in [1.29, 1.82) is 0 Å². The summed E-state index contributed by atoms with van der Waals surface area (Å²) in [4.78, 5) is 15.2. The van der Waals surface area contributed by atoms with E-state index in [0.717, 1.165) is 18.5 Å². The van der Waals surface area contributed by atoms with E-state index < -0.39 is 0 Å². The highest BCUT2D eigenvalue weighted by atomic mass is 35.5. The minimum absolute atomic E-state index is 0. The first kappa shape index (κ1) is 15.8. The van der Waals surface area contributed by atoms with Crippen molar-refractivity contribution in [2.75, 3.05) is 26.3 Å². The van der Waals surface area contributed by atoms with Gasteiger partial charge >= 0.3 is 0 Å². The third-order valence-corrected chi connectivity index (χ3v) is 3.61. The summed E-state index contributed by atoms with van der Waals surface area (Å²) in [7, 11) is 0. The zero-order chi connectivity index (χ0) is 13.8. The Bertz CT molecular complexity index is 593. The number of halogens is 1. The van der Waals surface area contributed by atoms with Crippen molar-refractivity contribution in [1.82, 2.24) is 15.6 Å². The molecule has 2 heterocycles. The highest BCUT2D eigenvalue weighted by Gasteiger charge is 2.20. The zero-order valence-corrected chi connectivity index (χ0v) is 12.5. The van der Waals surface area contributed by atoms with E-state index in [4.69, 9.17) is 4.74 Å². The molecular formula is C15H20ClN3O2. The summed E-state index contributed by atoms with van der Waals surface area (Å²) >= 11 is 0. The number of hydrogen-bond acceptors (Lipinski definition) is 3. The van der Waals surface area contributed by atoms with Crippen LogP contribution in [0.4, 0.5) is 0 Å². The summed E-state index contributed by atoms with van der Waals surface area (Å²) < 4.78 is 5.28. The predicted molar refractivity (Wildman–Crippen MR) is 84.9 cm³/mol. The SMILES string of the molecule is Cl.O=C(NCCc1c[nH]c2ccccc12)C1COCCN1. The topological polar surface area (TPSA) is 66.2 Å². The van der Waals surface area contributed by atoms with E-state index in [-0.39, 0.29) is 24.4 Å². The Morgan fingerprint density at radius 3 is 3.05 bits per heavy atom. The molecule has 1 aliphatic rings. The van der Waals surface area contributed by atoms with Gasteiger partial charge in [-0.3, -0.25) is 4.79 Å². The molecule has 114 valence electrons. The number of nitrogens with one attached hydrogen (secondary N) is 3. The average molecular weight is 310 g/mol. The molecule has 5 nitrogen and oxygen atoms in total. The van der Waals surface area contributed by atoms with Gasteiger partial charge in [-0.25, -0.2) is 0 Å². The summed E-state index contributed by atoms with van der Waals surface area (Å²) in [6.45, 7) is 2.51. The van der Waals surface area contributed by atoms with Crippen LogP contribution in [-0.4, -0.2) is 43.2 Å². The molecule has 3 rings (SSSR count). The molecule has 6 heteroatoms. The molecule has 2 aromatic rings. The fourth-order valence-electron chi connectivity index (χ4n) is 2.52. The molecule has 21 heavy (non-hydrogen) atoms. The van der Waals surface area contributed by atoms with E-state index >= 15 is 0 Å². The van der Waals surface area contributed by atoms with E-state index in [2.05, 4.69) is 27.8 Å². The van der Waals surface area contributed by atoms with Gasteiger partial charge in [0, 0.05) is 30.2 Å². The van der Waals surface area contributed by atoms with Gasteiger partial charge in [0.25, 0.3) is 0 Å². The molecule has 0 aliphatic carbocycles. The lowest BCUT2D eigenvalue weighted by Crippen LogP contribution is -2.51. The van der Waals surface area contributed by atoms with Crippen LogP contribution in [-0.2, 0) is 16.0 Å². The second-order valence-electron chi connectivity index (χ2n) is 4.98. The number of aromatic amines is 1. The molecule has 1 unspecified atom stereocenters. The largest absolute Gasteiger partial charge is 0.378 e. The van der Waals surface area contributed by atoms with Gasteiger partial charge in [0.2, 0.25) is 5.91 Å². The fraction of sp³-hybridized carbons (Fsp3) is 0.400. The Morgan fingerprint density at radius 1 is 1.38 bits per heavy atom. The van der Waals surface area contributed by atoms with E-state index in [9.17, 15) is 4.79 Å². The van der Waals surface area contributed by atoms with Crippen LogP contribution in [0.5, 0.6) is 0 Å². The number of hydrogen-bond donors (Lipinski definition) is 3. The molecule has 0 radical (unpaired) electrons. The molecule has 0 spiro atoms. The molecule has 3 N–H and O–H groups in total. The Hall–Kier alpha value is -1.56. The summed E-state index contributed by atoms with van der Waals surface area (Å²) in [5, 5.41) is 7.33. The fourth-order valence-corrected chi connectivity index (χ4v) is 2.52. The lowest BCUT2D eigenvalue weighted by molar-refractivity contribution is -0.125. The van der Waals surface area contributed by atoms with Gasteiger partial charge in [0.1, 0.15) is 6.04 Å². The van der Waals surface area contributed by atoms with E-state index in [1.54, 1.807) is 0 Å². The molecule has 1 aromatic heterocycles. The van der Waals surface area contributed by atoms with Crippen LogP contribution >= 0.6 is 12.4 Å². The molecule has 1 amide bonds. The van der Waals surface area contributed by atoms with Gasteiger partial charge in [-0.1, -0.05) is 18.2 Å². The van der Waals surface area contributed by atoms with Gasteiger partial charge < -0.3 is 20.4 Å². The van der Waals surface area contributed by atoms with Crippen molar-refractivity contribution in [3.8, 4) is 0 Å². The Morgan fingerprint density at radius 2 is 2.24 bits per heavy atom. The number of morpholine rings is 1. The van der Waals surface area contributed by atoms with Gasteiger partial charge in [-0.15, -0.1) is 12.4 Å². The lowest BCUT2D eigenvalue weighted by Gasteiger charge is -2.22. The predicted octanol–water partition coefficient (Wildman–Crippen LogP) is 1.24. The molecule has 1 fully saturated rings. The number of aromatic nitrogens is 1. The number of H-pyrrole nitrogens is 1. The minimum atomic E-state index is -0.216. The van der Waals surface area contributed by atoms with Crippen LogP contribution in [0.2, 0.25) is 0 Å². The highest BCUT2D eigenvalue weighted by Crippen LogP contribution is 2.17. The summed E-state index contributed by atoms with van der Waals surface area (Å²) in [5.41, 5.74) is 2.37. The maximum atomic E-state index is 11.9. The number of ether oxygens (including phenoxy) is 1. The molecule has 0 saturated carbocycles. The number of fused-ring (bicyclic) bond motifs is 1. The third-order valence-electron chi connectivity index (χ3n) is 3.61. The van der Waals surface area contributed by atoms with Crippen LogP contribution in [0.3, 0.4) is 0 Å². The lowest BCUT2D eigenvalue weighted by atomic mass is 10.1. The van der Waals surface area contributed by atoms with Gasteiger partial charge in [0.05, 0.1) is 13.2 Å². The third kappa shape index (κ3) is 3.75. The number of carbonyl (C=O) groups is 1. The molecule has 1 saturated heterocycles. The molecule has 1 aromatic carbocycles. The van der Waals surface area contributed by atoms with Gasteiger partial charge in [-0.2, -0.15) is 0 Å². The van der Waals surface area contributed by atoms with Crippen molar-refractivity contribution in [2.45, 2.75) is 12.5 Å². The number of benzene rings is 1. The van der Waals surface area contributed by atoms with E-state index in [1.807, 2.05) is 18.3 Å². The Balaban J connectivity index is 0.00000161. The smallest absolute Gasteiger partial charge is 0.239 e. The monoisotopic (exact) mass is 309 g/mol. The number of amides is 1. The van der Waals surface area contributed by atoms with Crippen LogP contribution in [0.25, 0.3) is 10.9 Å². The number of carbonyl (C=O) groups excluding carboxylic acids is 1. The molecule has 0 bridgehead atoms. The average Bonchev–Trinajstić information content (AvgIpc) is 2.92. The highest BCUT2D eigenvalue weighted by molar-refractivity contribution is 5.85. The van der Waals surface area contributed by atoms with Crippen molar-refractivity contribution >= 4 is 29.2 Å². The van der Waals surface area contributed by atoms with Crippen molar-refractivity contribution in [2.24, 2.45) is 0 Å². The summed E-state index contributed by atoms with van der Waals surface area (Å²) in [6, 6.07) is 7.98. The maximum Gasteiger partial charge on any atom is 0.239 e. The standard InChI is InChI=1S/C15H19N3O2.ClH/c19-15(14-10-20-8-7-16-14)17-6-5-11-9-18-13-4-2-1-3-12(11)13;/h1-4,9,14,16,18H,5-8,10H2,(H,17,19);1H. The molecule has 1 aliphatic heterocycles. The van der Waals surface area contributed by atoms with Crippen LogP contribution in [0.1, 0.15) is 5.56 Å². The van der Waals surface area contributed by atoms with Crippen molar-refractivity contribution < 1.29 is 9.53 Å². The summed E-state index contributed by atoms with van der Waals surface area (Å²) in [6.07, 6.45) is 2.84. The first-order valence-electron chi connectivity index (χ1n) is 6.98. The molecular weight excluding hydrogens is 290 g/mol. The second-order valence-corrected chi connectivity index (χ2v) is 4.98. The first-order chi connectivity index (χ1) is 9.84. The molecule has 1 atom stereocenters. The van der Waals surface area contributed by atoms with Gasteiger partial charge in [0.15, 0.2) is 0 Å². The van der Waals surface area contributed by atoms with E-state index in [0.29, 0.717) is 19.8 Å². The number of para-hydroxylation sites is 1. The van der Waals surface area contributed by atoms with Gasteiger partial charge in [-0.05, 0) is 18.1 Å². The second kappa shape index (κ2) is 7.45. The minimum Gasteiger partial charge on any atom is -0.378 e. The Kier molecular flexibility index (Phi) is 5.61. The normalized spacial score (nSPS) is 18.2. The maximum absolute atomic E-state index is 11.9. The van der Waals surface area contributed by atoms with Crippen LogP contribution < -0.4 is 10.6 Å². The number of rotatable bonds is 4. The van der Waals surface area contributed by atoms with Crippen LogP contribution in [0.15, 0.2) is 30.5 Å². The quantitative estimate of drug-likeness (QED) is 0.796. The van der Waals surface area contributed by atoms with Crippen molar-refractivity contribution in [3.05, 3.63) is 36.0 Å². The summed E-state index contributed by atoms with van der Waals surface area (Å²) in [5.74, 6) is 0.0181. The Labute approximate surface area is 129 Å². The van der Waals surface area contributed by atoms with E-state index in [1.165, 1.54) is 10.9 Å². The zero-order valence-electron chi connectivity index (χ0n) is 11.7.